The van der Waals surface area contributed by atoms with Crippen LogP contribution in [0.25, 0.3) is 6.08 Å². The van der Waals surface area contributed by atoms with Crippen molar-refractivity contribution < 1.29 is 9.53 Å². The minimum absolute atomic E-state index is 0.0371. The predicted molar refractivity (Wildman–Crippen MR) is 115 cm³/mol. The zero-order valence-electron chi connectivity index (χ0n) is 13.6. The van der Waals surface area contributed by atoms with Crippen molar-refractivity contribution in [2.45, 2.75) is 13.5 Å². The van der Waals surface area contributed by atoms with Crippen LogP contribution in [0.15, 0.2) is 53.4 Å². The van der Waals surface area contributed by atoms with Gasteiger partial charge in [-0.15, -0.1) is 0 Å². The van der Waals surface area contributed by atoms with Gasteiger partial charge in [-0.05, 0) is 59.4 Å². The Hall–Kier alpha value is -1.38. The highest BCUT2D eigenvalue weighted by Gasteiger charge is 2.30. The maximum atomic E-state index is 12.4. The lowest BCUT2D eigenvalue weighted by Gasteiger charge is -2.10. The fraction of sp³-hybridized carbons (Fsp3) is 0.158. The third-order valence-corrected chi connectivity index (χ3v) is 5.80. The summed E-state index contributed by atoms with van der Waals surface area (Å²) in [6.07, 6.45) is 1.86. The molecule has 1 fully saturated rings. The highest BCUT2D eigenvalue weighted by molar-refractivity contribution is 14.1. The Kier molecular flexibility index (Phi) is 6.14. The number of likely N-dealkylation sites (N-methyl/N-ethyl adjacent to an activating group) is 1. The lowest BCUT2D eigenvalue weighted by Crippen LogP contribution is -2.27. The van der Waals surface area contributed by atoms with Gasteiger partial charge >= 0.3 is 0 Å². The van der Waals surface area contributed by atoms with Gasteiger partial charge in [-0.1, -0.05) is 54.3 Å². The first-order valence-electron chi connectivity index (χ1n) is 7.80. The second kappa shape index (κ2) is 8.33. The van der Waals surface area contributed by atoms with E-state index in [1.807, 2.05) is 37.3 Å². The van der Waals surface area contributed by atoms with Crippen molar-refractivity contribution in [3.63, 3.8) is 0 Å². The summed E-state index contributed by atoms with van der Waals surface area (Å²) < 4.78 is 7.78. The lowest BCUT2D eigenvalue weighted by molar-refractivity contribution is -0.121. The highest BCUT2D eigenvalue weighted by Crippen LogP contribution is 2.34. The maximum absolute atomic E-state index is 12.4. The molecule has 0 radical (unpaired) electrons. The van der Waals surface area contributed by atoms with E-state index in [1.165, 1.54) is 15.3 Å². The molecule has 0 aromatic heterocycles. The molecule has 0 N–H and O–H groups in total. The summed E-state index contributed by atoms with van der Waals surface area (Å²) in [5, 5.41) is 0. The lowest BCUT2D eigenvalue weighted by atomic mass is 10.1. The van der Waals surface area contributed by atoms with E-state index in [-0.39, 0.29) is 5.91 Å². The van der Waals surface area contributed by atoms with Crippen molar-refractivity contribution >= 4 is 62.9 Å². The fourth-order valence-electron chi connectivity index (χ4n) is 2.39. The standard InChI is InChI=1S/C19H16INO2S2/c1-2-21-18(22)17(25-19(21)24)11-14-5-3-4-6-16(14)23-12-13-7-9-15(20)10-8-13/h3-11H,2,12H2,1H3/b17-11-. The van der Waals surface area contributed by atoms with Crippen molar-refractivity contribution in [2.75, 3.05) is 6.54 Å². The van der Waals surface area contributed by atoms with Gasteiger partial charge in [0.05, 0.1) is 4.91 Å². The minimum atomic E-state index is -0.0371. The Labute approximate surface area is 170 Å². The number of ether oxygens (including phenoxy) is 1. The smallest absolute Gasteiger partial charge is 0.266 e. The van der Waals surface area contributed by atoms with Gasteiger partial charge in [0.1, 0.15) is 16.7 Å². The van der Waals surface area contributed by atoms with Gasteiger partial charge in [0.2, 0.25) is 0 Å². The minimum Gasteiger partial charge on any atom is -0.488 e. The van der Waals surface area contributed by atoms with Crippen LogP contribution in [0.2, 0.25) is 0 Å². The van der Waals surface area contributed by atoms with Crippen LogP contribution >= 0.6 is 46.6 Å². The van der Waals surface area contributed by atoms with Crippen LogP contribution in [-0.4, -0.2) is 21.7 Å². The number of thioether (sulfide) groups is 1. The van der Waals surface area contributed by atoms with Crippen molar-refractivity contribution in [2.24, 2.45) is 0 Å². The molecular formula is C19H16INO2S2. The van der Waals surface area contributed by atoms with E-state index < -0.39 is 0 Å². The second-order valence-corrected chi connectivity index (χ2v) is 8.30. The first kappa shape index (κ1) is 18.4. The Morgan fingerprint density at radius 1 is 1.20 bits per heavy atom. The Balaban J connectivity index is 1.79. The average Bonchev–Trinajstić information content (AvgIpc) is 2.88. The summed E-state index contributed by atoms with van der Waals surface area (Å²) >= 11 is 8.88. The van der Waals surface area contributed by atoms with Gasteiger partial charge in [0.15, 0.2) is 0 Å². The molecule has 25 heavy (non-hydrogen) atoms. The van der Waals surface area contributed by atoms with E-state index in [4.69, 9.17) is 17.0 Å². The van der Waals surface area contributed by atoms with E-state index in [0.29, 0.717) is 22.4 Å². The molecule has 0 aliphatic carbocycles. The Bertz CT molecular complexity index is 834. The van der Waals surface area contributed by atoms with E-state index in [1.54, 1.807) is 4.90 Å². The summed E-state index contributed by atoms with van der Waals surface area (Å²) in [4.78, 5) is 14.6. The third-order valence-electron chi connectivity index (χ3n) is 3.70. The average molecular weight is 481 g/mol. The van der Waals surface area contributed by atoms with Crippen LogP contribution in [0.5, 0.6) is 5.75 Å². The van der Waals surface area contributed by atoms with Crippen LogP contribution in [0.4, 0.5) is 0 Å². The van der Waals surface area contributed by atoms with Crippen LogP contribution in [0.3, 0.4) is 0 Å². The largest absolute Gasteiger partial charge is 0.488 e. The van der Waals surface area contributed by atoms with Crippen molar-refractivity contribution in [1.82, 2.24) is 4.90 Å². The molecule has 3 rings (SSSR count). The number of thiocarbonyl (C=S) groups is 1. The summed E-state index contributed by atoms with van der Waals surface area (Å²) in [5.74, 6) is 0.716. The molecule has 0 bridgehead atoms. The Morgan fingerprint density at radius 3 is 2.60 bits per heavy atom. The molecule has 2 aromatic rings. The summed E-state index contributed by atoms with van der Waals surface area (Å²) in [6.45, 7) is 3.00. The SMILES string of the molecule is CCN1C(=O)/C(=C/c2ccccc2OCc2ccc(I)cc2)SC1=S. The number of benzene rings is 2. The summed E-state index contributed by atoms with van der Waals surface area (Å²) in [5.41, 5.74) is 1.98. The zero-order chi connectivity index (χ0) is 17.8. The number of amides is 1. The van der Waals surface area contributed by atoms with E-state index in [2.05, 4.69) is 46.9 Å². The van der Waals surface area contributed by atoms with E-state index in [0.717, 1.165) is 16.9 Å². The highest BCUT2D eigenvalue weighted by atomic mass is 127. The van der Waals surface area contributed by atoms with E-state index in [9.17, 15) is 4.79 Å². The first-order chi connectivity index (χ1) is 12.1. The normalized spacial score (nSPS) is 15.9. The molecule has 0 atom stereocenters. The number of para-hydroxylation sites is 1. The zero-order valence-corrected chi connectivity index (χ0v) is 17.4. The molecule has 1 aliphatic heterocycles. The predicted octanol–water partition coefficient (Wildman–Crippen LogP) is 5.09. The molecule has 0 unspecified atom stereocenters. The van der Waals surface area contributed by atoms with Crippen LogP contribution in [-0.2, 0) is 11.4 Å². The molecule has 1 aliphatic rings. The summed E-state index contributed by atoms with van der Waals surface area (Å²) in [7, 11) is 0. The fourth-order valence-corrected chi connectivity index (χ4v) is 4.12. The third kappa shape index (κ3) is 4.43. The van der Waals surface area contributed by atoms with Crippen molar-refractivity contribution in [3.8, 4) is 5.75 Å². The van der Waals surface area contributed by atoms with Gasteiger partial charge in [-0.25, -0.2) is 0 Å². The Morgan fingerprint density at radius 2 is 1.92 bits per heavy atom. The van der Waals surface area contributed by atoms with Gasteiger partial charge in [0.25, 0.3) is 5.91 Å². The molecule has 128 valence electrons. The van der Waals surface area contributed by atoms with E-state index >= 15 is 0 Å². The molecule has 6 heteroatoms. The molecule has 2 aromatic carbocycles. The number of rotatable bonds is 5. The topological polar surface area (TPSA) is 29.5 Å². The van der Waals surface area contributed by atoms with Crippen LogP contribution in [0.1, 0.15) is 18.1 Å². The number of halogens is 1. The van der Waals surface area contributed by atoms with Crippen LogP contribution in [0, 0.1) is 3.57 Å². The van der Waals surface area contributed by atoms with Gasteiger partial charge in [-0.3, -0.25) is 9.69 Å². The van der Waals surface area contributed by atoms with Gasteiger partial charge < -0.3 is 4.74 Å². The van der Waals surface area contributed by atoms with Gasteiger partial charge in [-0.2, -0.15) is 0 Å². The molecule has 1 saturated heterocycles. The summed E-state index contributed by atoms with van der Waals surface area (Å²) in [6, 6.07) is 15.9. The molecular weight excluding hydrogens is 465 g/mol. The number of hydrogen-bond donors (Lipinski definition) is 0. The van der Waals surface area contributed by atoms with Crippen molar-refractivity contribution in [1.29, 1.82) is 0 Å². The van der Waals surface area contributed by atoms with Crippen molar-refractivity contribution in [3.05, 3.63) is 68.1 Å². The second-order valence-electron chi connectivity index (χ2n) is 5.38. The maximum Gasteiger partial charge on any atom is 0.266 e. The number of carbonyl (C=O) groups excluding carboxylic acids is 1. The first-order valence-corrected chi connectivity index (χ1v) is 10.1. The molecule has 1 heterocycles. The van der Waals surface area contributed by atoms with Gasteiger partial charge in [0, 0.05) is 15.7 Å². The monoisotopic (exact) mass is 481 g/mol. The molecule has 1 amide bonds. The molecule has 0 spiro atoms. The number of nitrogens with zero attached hydrogens (tertiary/aromatic N) is 1. The molecule has 3 nitrogen and oxygen atoms in total. The molecule has 0 saturated carbocycles. The number of hydrogen-bond acceptors (Lipinski definition) is 4. The van der Waals surface area contributed by atoms with Crippen LogP contribution < -0.4 is 4.74 Å². The number of carbonyl (C=O) groups is 1. The quantitative estimate of drug-likeness (QED) is 0.338.